The van der Waals surface area contributed by atoms with Gasteiger partial charge in [0.25, 0.3) is 0 Å². The van der Waals surface area contributed by atoms with Crippen LogP contribution in [0.2, 0.25) is 0 Å². The van der Waals surface area contributed by atoms with Gasteiger partial charge in [-0.3, -0.25) is 0 Å². The summed E-state index contributed by atoms with van der Waals surface area (Å²) in [4.78, 5) is 19.7. The van der Waals surface area contributed by atoms with E-state index in [9.17, 15) is 0 Å². The SMILES string of the molecule is CC.COc1ccc(Oc2nc(N3CCCCC3)c3[nH]c(Nc4cccc(C)c4)nc3n2)cc1. The summed E-state index contributed by atoms with van der Waals surface area (Å²) in [7, 11) is 1.64. The van der Waals surface area contributed by atoms with E-state index in [1.54, 1.807) is 7.11 Å². The molecular weight excluding hydrogens is 428 g/mol. The van der Waals surface area contributed by atoms with Crippen molar-refractivity contribution in [1.29, 1.82) is 0 Å². The zero-order valence-corrected chi connectivity index (χ0v) is 20.3. The number of nitrogens with one attached hydrogen (secondary N) is 2. The normalized spacial score (nSPS) is 13.2. The third kappa shape index (κ3) is 5.39. The van der Waals surface area contributed by atoms with Crippen LogP contribution in [0.5, 0.6) is 17.5 Å². The summed E-state index contributed by atoms with van der Waals surface area (Å²) in [6.07, 6.45) is 3.52. The van der Waals surface area contributed by atoms with E-state index < -0.39 is 0 Å². The Morgan fingerprint density at radius 2 is 1.65 bits per heavy atom. The zero-order valence-electron chi connectivity index (χ0n) is 20.3. The van der Waals surface area contributed by atoms with Crippen molar-refractivity contribution in [3.63, 3.8) is 0 Å². The maximum Gasteiger partial charge on any atom is 0.326 e. The van der Waals surface area contributed by atoms with Crippen LogP contribution in [0.3, 0.4) is 0 Å². The first-order valence-electron chi connectivity index (χ1n) is 11.9. The molecule has 1 aliphatic rings. The van der Waals surface area contributed by atoms with Gasteiger partial charge in [0.1, 0.15) is 17.0 Å². The summed E-state index contributed by atoms with van der Waals surface area (Å²) < 4.78 is 11.2. The van der Waals surface area contributed by atoms with Crippen molar-refractivity contribution in [1.82, 2.24) is 19.9 Å². The Morgan fingerprint density at radius 1 is 0.912 bits per heavy atom. The second-order valence-corrected chi connectivity index (χ2v) is 7.93. The molecule has 34 heavy (non-hydrogen) atoms. The summed E-state index contributed by atoms with van der Waals surface area (Å²) in [5, 5.41) is 3.34. The van der Waals surface area contributed by atoms with Crippen LogP contribution in [0.4, 0.5) is 17.5 Å². The van der Waals surface area contributed by atoms with Crippen molar-refractivity contribution in [3.8, 4) is 17.5 Å². The van der Waals surface area contributed by atoms with Gasteiger partial charge in [0.05, 0.1) is 7.11 Å². The highest BCUT2D eigenvalue weighted by atomic mass is 16.5. The fourth-order valence-electron chi connectivity index (χ4n) is 3.91. The van der Waals surface area contributed by atoms with E-state index in [-0.39, 0.29) is 6.01 Å². The number of aromatic nitrogens is 4. The number of aryl methyl sites for hydroxylation is 1. The van der Waals surface area contributed by atoms with Crippen LogP contribution >= 0.6 is 0 Å². The van der Waals surface area contributed by atoms with Gasteiger partial charge in [-0.2, -0.15) is 15.0 Å². The second kappa shape index (κ2) is 10.9. The summed E-state index contributed by atoms with van der Waals surface area (Å²) >= 11 is 0. The Labute approximate surface area is 200 Å². The topological polar surface area (TPSA) is 88.2 Å². The number of hydrogen-bond donors (Lipinski definition) is 2. The molecule has 0 unspecified atom stereocenters. The Bertz CT molecular complexity index is 1220. The zero-order chi connectivity index (χ0) is 23.9. The molecule has 178 valence electrons. The molecule has 1 saturated heterocycles. The van der Waals surface area contributed by atoms with Gasteiger partial charge in [0, 0.05) is 18.8 Å². The molecule has 0 radical (unpaired) electrons. The molecule has 1 aliphatic heterocycles. The Kier molecular flexibility index (Phi) is 7.47. The van der Waals surface area contributed by atoms with E-state index in [0.717, 1.165) is 48.7 Å². The highest BCUT2D eigenvalue weighted by molar-refractivity contribution is 5.86. The third-order valence-electron chi connectivity index (χ3n) is 5.52. The summed E-state index contributed by atoms with van der Waals surface area (Å²) in [6.45, 7) is 7.97. The van der Waals surface area contributed by atoms with Crippen LogP contribution in [-0.4, -0.2) is 40.1 Å². The maximum absolute atomic E-state index is 5.98. The van der Waals surface area contributed by atoms with Crippen LogP contribution < -0.4 is 19.7 Å². The van der Waals surface area contributed by atoms with Gasteiger partial charge in [0.2, 0.25) is 5.95 Å². The predicted molar refractivity (Wildman–Crippen MR) is 137 cm³/mol. The minimum atomic E-state index is 0.275. The van der Waals surface area contributed by atoms with Crippen LogP contribution in [-0.2, 0) is 0 Å². The van der Waals surface area contributed by atoms with Crippen molar-refractivity contribution in [2.75, 3.05) is 30.4 Å². The van der Waals surface area contributed by atoms with E-state index in [1.807, 2.05) is 50.2 Å². The van der Waals surface area contributed by atoms with Gasteiger partial charge in [-0.05, 0) is 68.1 Å². The molecule has 0 aliphatic carbocycles. The molecule has 0 atom stereocenters. The molecule has 1 fully saturated rings. The molecule has 0 bridgehead atoms. The van der Waals surface area contributed by atoms with Gasteiger partial charge in [0.15, 0.2) is 11.5 Å². The standard InChI is InChI=1S/C24H26N6O2.C2H6/c1-16-7-6-8-17(15-16)25-23-26-20-21(27-23)28-24(29-22(20)30-13-4-3-5-14-30)32-19-11-9-18(31-2)10-12-19;1-2/h6-12,15H,3-5,13-14H2,1-2H3,(H2,25,26,27,28,29);1-2H3. The summed E-state index contributed by atoms with van der Waals surface area (Å²) in [6, 6.07) is 15.8. The van der Waals surface area contributed by atoms with Crippen LogP contribution in [0.1, 0.15) is 38.7 Å². The average molecular weight is 461 g/mol. The first-order chi connectivity index (χ1) is 16.7. The number of methoxy groups -OCH3 is 1. The minimum absolute atomic E-state index is 0.275. The quantitative estimate of drug-likeness (QED) is 0.353. The second-order valence-electron chi connectivity index (χ2n) is 7.93. The number of piperidine rings is 1. The van der Waals surface area contributed by atoms with E-state index in [2.05, 4.69) is 44.2 Å². The number of hydrogen-bond acceptors (Lipinski definition) is 7. The molecular formula is C26H32N6O2. The monoisotopic (exact) mass is 460 g/mol. The summed E-state index contributed by atoms with van der Waals surface area (Å²) in [5.74, 6) is 2.85. The van der Waals surface area contributed by atoms with Crippen molar-refractivity contribution < 1.29 is 9.47 Å². The molecule has 5 rings (SSSR count). The third-order valence-corrected chi connectivity index (χ3v) is 5.52. The minimum Gasteiger partial charge on any atom is -0.497 e. The number of rotatable bonds is 6. The lowest BCUT2D eigenvalue weighted by Crippen LogP contribution is -2.30. The van der Waals surface area contributed by atoms with E-state index in [1.165, 1.54) is 12.0 Å². The molecule has 2 N–H and O–H groups in total. The lowest BCUT2D eigenvalue weighted by Gasteiger charge is -2.27. The fraction of sp³-hybridized carbons (Fsp3) is 0.346. The van der Waals surface area contributed by atoms with E-state index in [0.29, 0.717) is 17.3 Å². The van der Waals surface area contributed by atoms with Gasteiger partial charge in [-0.15, -0.1) is 0 Å². The first kappa shape index (κ1) is 23.4. The lowest BCUT2D eigenvalue weighted by molar-refractivity contribution is 0.410. The number of H-pyrrole nitrogens is 1. The molecule has 4 aromatic rings. The summed E-state index contributed by atoms with van der Waals surface area (Å²) in [5.41, 5.74) is 3.52. The molecule has 0 saturated carbocycles. The van der Waals surface area contributed by atoms with Crippen molar-refractivity contribution in [3.05, 3.63) is 54.1 Å². The number of nitrogens with zero attached hydrogens (tertiary/aromatic N) is 4. The van der Waals surface area contributed by atoms with Crippen LogP contribution in [0.15, 0.2) is 48.5 Å². The molecule has 0 amide bonds. The lowest BCUT2D eigenvalue weighted by atomic mass is 10.1. The van der Waals surface area contributed by atoms with Gasteiger partial charge >= 0.3 is 6.01 Å². The van der Waals surface area contributed by atoms with Gasteiger partial charge < -0.3 is 24.7 Å². The smallest absolute Gasteiger partial charge is 0.326 e. The molecule has 3 heterocycles. The molecule has 8 heteroatoms. The number of anilines is 3. The van der Waals surface area contributed by atoms with Gasteiger partial charge in [-0.25, -0.2) is 0 Å². The number of fused-ring (bicyclic) bond motifs is 1. The van der Waals surface area contributed by atoms with Gasteiger partial charge in [-0.1, -0.05) is 26.0 Å². The van der Waals surface area contributed by atoms with Crippen molar-refractivity contribution in [2.24, 2.45) is 0 Å². The van der Waals surface area contributed by atoms with Crippen molar-refractivity contribution >= 4 is 28.6 Å². The highest BCUT2D eigenvalue weighted by Gasteiger charge is 2.21. The Balaban J connectivity index is 0.00000133. The largest absolute Gasteiger partial charge is 0.497 e. The fourth-order valence-corrected chi connectivity index (χ4v) is 3.91. The maximum atomic E-state index is 5.98. The Morgan fingerprint density at radius 3 is 2.35 bits per heavy atom. The van der Waals surface area contributed by atoms with Crippen LogP contribution in [0, 0.1) is 6.92 Å². The highest BCUT2D eigenvalue weighted by Crippen LogP contribution is 2.31. The number of ether oxygens (including phenoxy) is 2. The molecule has 8 nitrogen and oxygen atoms in total. The number of benzene rings is 2. The molecule has 0 spiro atoms. The van der Waals surface area contributed by atoms with E-state index >= 15 is 0 Å². The number of imidazole rings is 1. The number of aromatic amines is 1. The predicted octanol–water partition coefficient (Wildman–Crippen LogP) is 6.22. The van der Waals surface area contributed by atoms with E-state index in [4.69, 9.17) is 14.5 Å². The van der Waals surface area contributed by atoms with Crippen LogP contribution in [0.25, 0.3) is 11.2 Å². The average Bonchev–Trinajstić information content (AvgIpc) is 3.28. The molecule has 2 aromatic heterocycles. The first-order valence-corrected chi connectivity index (χ1v) is 11.9. The van der Waals surface area contributed by atoms with Crippen molar-refractivity contribution in [2.45, 2.75) is 40.0 Å². The Hall–Kier alpha value is -3.81. The molecule has 2 aromatic carbocycles.